The summed E-state index contributed by atoms with van der Waals surface area (Å²) in [6.45, 7) is 2.65. The Kier molecular flexibility index (Phi) is 7.94. The summed E-state index contributed by atoms with van der Waals surface area (Å²) in [6, 6.07) is 28.2. The Morgan fingerprint density at radius 2 is 1.52 bits per heavy atom. The molecule has 40 heavy (non-hydrogen) atoms. The van der Waals surface area contributed by atoms with Gasteiger partial charge in [0.2, 0.25) is 0 Å². The number of nitrogens with one attached hydrogen (secondary N) is 1. The first kappa shape index (κ1) is 26.7. The number of hydrogen-bond donors (Lipinski definition) is 1. The van der Waals surface area contributed by atoms with Gasteiger partial charge in [-0.1, -0.05) is 71.8 Å². The van der Waals surface area contributed by atoms with E-state index in [4.69, 9.17) is 21.1 Å². The summed E-state index contributed by atoms with van der Waals surface area (Å²) in [5, 5.41) is 2.64. The molecule has 0 bridgehead atoms. The van der Waals surface area contributed by atoms with Crippen molar-refractivity contribution in [3.63, 3.8) is 0 Å². The maximum Gasteiger partial charge on any atom is 0.335 e. The van der Waals surface area contributed by atoms with Gasteiger partial charge in [0.1, 0.15) is 30.3 Å². The lowest BCUT2D eigenvalue weighted by atomic mass is 10.1. The zero-order chi connectivity index (χ0) is 28.1. The molecule has 0 radical (unpaired) electrons. The number of barbiturate groups is 1. The molecule has 200 valence electrons. The van der Waals surface area contributed by atoms with Crippen LogP contribution in [0.3, 0.4) is 0 Å². The highest BCUT2D eigenvalue weighted by atomic mass is 35.5. The highest BCUT2D eigenvalue weighted by molar-refractivity contribution is 6.39. The lowest BCUT2D eigenvalue weighted by Gasteiger charge is -2.26. The molecule has 1 fully saturated rings. The molecule has 4 aromatic rings. The van der Waals surface area contributed by atoms with Crippen LogP contribution in [0.4, 0.5) is 10.5 Å². The van der Waals surface area contributed by atoms with Crippen molar-refractivity contribution >= 4 is 41.2 Å². The summed E-state index contributed by atoms with van der Waals surface area (Å²) >= 11 is 6.23. The molecule has 5 rings (SSSR count). The number of urea groups is 1. The molecule has 1 saturated heterocycles. The highest BCUT2D eigenvalue weighted by Crippen LogP contribution is 2.29. The second kappa shape index (κ2) is 11.9. The zero-order valence-electron chi connectivity index (χ0n) is 21.6. The molecule has 0 atom stereocenters. The minimum absolute atomic E-state index is 0.230. The number of aryl methyl sites for hydroxylation is 1. The Labute approximate surface area is 236 Å². The average Bonchev–Trinajstić information content (AvgIpc) is 2.95. The smallest absolute Gasteiger partial charge is 0.335 e. The summed E-state index contributed by atoms with van der Waals surface area (Å²) in [6.07, 6.45) is 1.38. The van der Waals surface area contributed by atoms with Gasteiger partial charge in [-0.3, -0.25) is 14.9 Å². The molecular weight excluding hydrogens is 528 g/mol. The van der Waals surface area contributed by atoms with Gasteiger partial charge in [0.15, 0.2) is 0 Å². The number of benzene rings is 4. The van der Waals surface area contributed by atoms with Gasteiger partial charge in [-0.15, -0.1) is 0 Å². The largest absolute Gasteiger partial charge is 0.489 e. The van der Waals surface area contributed by atoms with Crippen LogP contribution in [-0.2, 0) is 22.8 Å². The van der Waals surface area contributed by atoms with E-state index >= 15 is 0 Å². The first-order chi connectivity index (χ1) is 19.4. The summed E-state index contributed by atoms with van der Waals surface area (Å²) < 4.78 is 11.8. The van der Waals surface area contributed by atoms with Crippen LogP contribution >= 0.6 is 11.6 Å². The monoisotopic (exact) mass is 552 g/mol. The third kappa shape index (κ3) is 6.22. The van der Waals surface area contributed by atoms with Crippen molar-refractivity contribution in [1.82, 2.24) is 5.32 Å². The molecule has 0 aliphatic carbocycles. The van der Waals surface area contributed by atoms with Crippen LogP contribution in [0.5, 0.6) is 11.5 Å². The standard InChI is InChI=1S/C32H25ClN2O5/c1-21-6-5-9-23(16-21)20-40-29-15-10-25(33)17-24(29)18-28-30(36)34-32(38)35(31(28)37)26-11-13-27(14-12-26)39-19-22-7-3-2-4-8-22/h2-18H,19-20H2,1H3,(H,34,36,38)/b28-18+. The number of halogens is 1. The van der Waals surface area contributed by atoms with E-state index in [9.17, 15) is 14.4 Å². The van der Waals surface area contributed by atoms with Gasteiger partial charge in [-0.2, -0.15) is 0 Å². The second-order valence-electron chi connectivity index (χ2n) is 9.19. The number of amides is 4. The molecular formula is C32H25ClN2O5. The van der Waals surface area contributed by atoms with Gasteiger partial charge in [-0.25, -0.2) is 9.69 Å². The van der Waals surface area contributed by atoms with Crippen LogP contribution in [0.1, 0.15) is 22.3 Å². The van der Waals surface area contributed by atoms with Crippen LogP contribution in [-0.4, -0.2) is 17.8 Å². The zero-order valence-corrected chi connectivity index (χ0v) is 22.4. The maximum absolute atomic E-state index is 13.4. The van der Waals surface area contributed by atoms with Gasteiger partial charge in [0.05, 0.1) is 5.69 Å². The predicted molar refractivity (Wildman–Crippen MR) is 153 cm³/mol. The van der Waals surface area contributed by atoms with Gasteiger partial charge >= 0.3 is 6.03 Å². The Morgan fingerprint density at radius 3 is 2.27 bits per heavy atom. The Morgan fingerprint density at radius 1 is 0.800 bits per heavy atom. The first-order valence-electron chi connectivity index (χ1n) is 12.5. The molecule has 1 N–H and O–H groups in total. The molecule has 1 aliphatic rings. The number of nitrogens with zero attached hydrogens (tertiary/aromatic N) is 1. The fourth-order valence-electron chi connectivity index (χ4n) is 4.21. The fraction of sp³-hybridized carbons (Fsp3) is 0.0938. The average molecular weight is 553 g/mol. The quantitative estimate of drug-likeness (QED) is 0.200. The topological polar surface area (TPSA) is 84.9 Å². The van der Waals surface area contributed by atoms with Crippen molar-refractivity contribution in [2.75, 3.05) is 4.90 Å². The lowest BCUT2D eigenvalue weighted by Crippen LogP contribution is -2.54. The maximum atomic E-state index is 13.4. The van der Waals surface area contributed by atoms with E-state index in [1.807, 2.05) is 61.5 Å². The Balaban J connectivity index is 1.37. The van der Waals surface area contributed by atoms with E-state index in [1.165, 1.54) is 6.08 Å². The molecule has 1 aliphatic heterocycles. The number of imide groups is 2. The molecule has 4 aromatic carbocycles. The number of carbonyl (C=O) groups excluding carboxylic acids is 3. The van der Waals surface area contributed by atoms with Crippen LogP contribution in [0.2, 0.25) is 5.02 Å². The molecule has 1 heterocycles. The molecule has 0 aromatic heterocycles. The van der Waals surface area contributed by atoms with E-state index in [1.54, 1.807) is 42.5 Å². The van der Waals surface area contributed by atoms with E-state index in [2.05, 4.69) is 5.32 Å². The molecule has 0 spiro atoms. The Bertz CT molecular complexity index is 1600. The Hall–Kier alpha value is -4.88. The van der Waals surface area contributed by atoms with Crippen LogP contribution in [0.25, 0.3) is 6.08 Å². The van der Waals surface area contributed by atoms with E-state index in [0.29, 0.717) is 28.7 Å². The minimum atomic E-state index is -0.841. The van der Waals surface area contributed by atoms with Crippen molar-refractivity contribution in [2.45, 2.75) is 20.1 Å². The predicted octanol–water partition coefficient (Wildman–Crippen LogP) is 6.47. The highest BCUT2D eigenvalue weighted by Gasteiger charge is 2.37. The lowest BCUT2D eigenvalue weighted by molar-refractivity contribution is -0.122. The van der Waals surface area contributed by atoms with Gasteiger partial charge in [0.25, 0.3) is 11.8 Å². The summed E-state index contributed by atoms with van der Waals surface area (Å²) in [4.78, 5) is 39.8. The van der Waals surface area contributed by atoms with Crippen LogP contribution in [0, 0.1) is 6.92 Å². The van der Waals surface area contributed by atoms with Crippen LogP contribution in [0.15, 0.2) is 103 Å². The van der Waals surface area contributed by atoms with Gasteiger partial charge in [-0.05, 0) is 66.6 Å². The number of anilines is 1. The van der Waals surface area contributed by atoms with Gasteiger partial charge in [0, 0.05) is 10.6 Å². The third-order valence-corrected chi connectivity index (χ3v) is 6.43. The van der Waals surface area contributed by atoms with Crippen molar-refractivity contribution in [3.05, 3.63) is 130 Å². The van der Waals surface area contributed by atoms with Crippen LogP contribution < -0.4 is 19.7 Å². The van der Waals surface area contributed by atoms with Crippen molar-refractivity contribution in [3.8, 4) is 11.5 Å². The number of hydrogen-bond acceptors (Lipinski definition) is 5. The molecule has 4 amide bonds. The van der Waals surface area contributed by atoms with Gasteiger partial charge < -0.3 is 9.47 Å². The van der Waals surface area contributed by atoms with E-state index in [-0.39, 0.29) is 17.9 Å². The van der Waals surface area contributed by atoms with E-state index in [0.717, 1.165) is 21.6 Å². The van der Waals surface area contributed by atoms with Crippen molar-refractivity contribution in [2.24, 2.45) is 0 Å². The molecule has 8 heteroatoms. The second-order valence-corrected chi connectivity index (χ2v) is 9.62. The van der Waals surface area contributed by atoms with Crippen molar-refractivity contribution < 1.29 is 23.9 Å². The normalized spacial score (nSPS) is 14.3. The van der Waals surface area contributed by atoms with Crippen molar-refractivity contribution in [1.29, 1.82) is 0 Å². The summed E-state index contributed by atoms with van der Waals surface area (Å²) in [5.41, 5.74) is 3.56. The number of rotatable bonds is 8. The molecule has 0 saturated carbocycles. The summed E-state index contributed by atoms with van der Waals surface area (Å²) in [7, 11) is 0. The number of ether oxygens (including phenoxy) is 2. The molecule has 7 nitrogen and oxygen atoms in total. The minimum Gasteiger partial charge on any atom is -0.489 e. The SMILES string of the molecule is Cc1cccc(COc2ccc(Cl)cc2/C=C2\C(=O)NC(=O)N(c3ccc(OCc4ccccc4)cc3)C2=O)c1. The van der Waals surface area contributed by atoms with E-state index < -0.39 is 17.8 Å². The first-order valence-corrected chi connectivity index (χ1v) is 12.9. The molecule has 0 unspecified atom stereocenters. The number of carbonyl (C=O) groups is 3. The third-order valence-electron chi connectivity index (χ3n) is 6.19. The summed E-state index contributed by atoms with van der Waals surface area (Å²) in [5.74, 6) is -0.573. The fourth-order valence-corrected chi connectivity index (χ4v) is 4.39.